The fraction of sp³-hybridized carbons (Fsp3) is 0.318. The molecule has 0 unspecified atom stereocenters. The van der Waals surface area contributed by atoms with Crippen LogP contribution in [0.5, 0.6) is 5.75 Å². The summed E-state index contributed by atoms with van der Waals surface area (Å²) in [6.07, 6.45) is 6.14. The van der Waals surface area contributed by atoms with Crippen molar-refractivity contribution < 1.29 is 4.74 Å². The van der Waals surface area contributed by atoms with E-state index in [9.17, 15) is 0 Å². The molecule has 5 heteroatoms. The van der Waals surface area contributed by atoms with Crippen LogP contribution in [0.2, 0.25) is 0 Å². The normalized spacial score (nSPS) is 14.6. The molecule has 0 atom stereocenters. The third-order valence-electron chi connectivity index (χ3n) is 5.03. The van der Waals surface area contributed by atoms with E-state index in [1.165, 1.54) is 16.6 Å². The van der Waals surface area contributed by atoms with Gasteiger partial charge in [0, 0.05) is 43.1 Å². The van der Waals surface area contributed by atoms with Gasteiger partial charge in [0.15, 0.2) is 0 Å². The van der Waals surface area contributed by atoms with Crippen LogP contribution in [0.15, 0.2) is 54.9 Å². The molecule has 4 rings (SSSR count). The zero-order valence-corrected chi connectivity index (χ0v) is 16.6. The molecule has 0 spiro atoms. The highest BCUT2D eigenvalue weighted by molar-refractivity contribution is 5.99. The van der Waals surface area contributed by atoms with E-state index in [1.54, 1.807) is 0 Å². The number of nitrogens with zero attached hydrogens (tertiary/aromatic N) is 2. The van der Waals surface area contributed by atoms with E-state index in [0.717, 1.165) is 42.6 Å². The van der Waals surface area contributed by atoms with Gasteiger partial charge in [-0.15, -0.1) is 12.4 Å². The zero-order chi connectivity index (χ0) is 17.9. The Balaban J connectivity index is 0.00000210. The highest BCUT2D eigenvalue weighted by Gasteiger charge is 2.18. The lowest BCUT2D eigenvalue weighted by Crippen LogP contribution is -2.34. The molecule has 27 heavy (non-hydrogen) atoms. The van der Waals surface area contributed by atoms with Crippen molar-refractivity contribution >= 4 is 28.9 Å². The number of aromatic nitrogens is 1. The van der Waals surface area contributed by atoms with Gasteiger partial charge in [0.1, 0.15) is 11.9 Å². The van der Waals surface area contributed by atoms with Crippen molar-refractivity contribution in [3.05, 3.63) is 54.9 Å². The number of hydrogen-bond donors (Lipinski definition) is 1. The quantitative estimate of drug-likeness (QED) is 0.718. The number of benzene rings is 2. The maximum atomic E-state index is 6.46. The summed E-state index contributed by atoms with van der Waals surface area (Å²) in [5, 5.41) is 5.72. The monoisotopic (exact) mass is 383 g/mol. The summed E-state index contributed by atoms with van der Waals surface area (Å²) in [6, 6.07) is 15.0. The van der Waals surface area contributed by atoms with Crippen molar-refractivity contribution in [2.75, 3.05) is 32.1 Å². The van der Waals surface area contributed by atoms with Crippen LogP contribution in [0.1, 0.15) is 12.8 Å². The number of rotatable bonds is 4. The Morgan fingerprint density at radius 3 is 2.44 bits per heavy atom. The second kappa shape index (κ2) is 8.59. The van der Waals surface area contributed by atoms with Crippen molar-refractivity contribution in [3.63, 3.8) is 0 Å². The Morgan fingerprint density at radius 1 is 1.00 bits per heavy atom. The van der Waals surface area contributed by atoms with Gasteiger partial charge in [-0.2, -0.15) is 0 Å². The number of halogens is 1. The lowest BCUT2D eigenvalue weighted by atomic mass is 9.97. The van der Waals surface area contributed by atoms with Crippen LogP contribution in [0.25, 0.3) is 21.9 Å². The first-order valence-electron chi connectivity index (χ1n) is 9.24. The van der Waals surface area contributed by atoms with Crippen molar-refractivity contribution in [1.82, 2.24) is 10.3 Å². The number of ether oxygens (including phenoxy) is 1. The van der Waals surface area contributed by atoms with Crippen molar-refractivity contribution in [3.8, 4) is 16.9 Å². The second-order valence-corrected chi connectivity index (χ2v) is 7.04. The predicted octanol–water partition coefficient (Wildman–Crippen LogP) is 4.52. The first kappa shape index (κ1) is 19.5. The van der Waals surface area contributed by atoms with E-state index in [2.05, 4.69) is 71.8 Å². The summed E-state index contributed by atoms with van der Waals surface area (Å²) in [6.45, 7) is 2.05. The minimum Gasteiger partial charge on any atom is -0.490 e. The van der Waals surface area contributed by atoms with Gasteiger partial charge in [-0.1, -0.05) is 12.1 Å². The highest BCUT2D eigenvalue weighted by atomic mass is 35.5. The Labute approximate surface area is 167 Å². The number of piperidine rings is 1. The zero-order valence-electron chi connectivity index (χ0n) is 15.8. The molecule has 1 N–H and O–H groups in total. The van der Waals surface area contributed by atoms with Gasteiger partial charge in [0.05, 0.1) is 0 Å². The number of fused-ring (bicyclic) bond motifs is 1. The van der Waals surface area contributed by atoms with E-state index < -0.39 is 0 Å². The predicted molar refractivity (Wildman–Crippen MR) is 115 cm³/mol. The molecule has 4 nitrogen and oxygen atoms in total. The molecule has 0 bridgehead atoms. The van der Waals surface area contributed by atoms with Gasteiger partial charge in [-0.25, -0.2) is 0 Å². The minimum absolute atomic E-state index is 0. The molecule has 0 aliphatic carbocycles. The van der Waals surface area contributed by atoms with Gasteiger partial charge >= 0.3 is 0 Å². The topological polar surface area (TPSA) is 37.4 Å². The molecule has 1 aliphatic rings. The smallest absolute Gasteiger partial charge is 0.128 e. The molecule has 1 aromatic heterocycles. The maximum absolute atomic E-state index is 6.46. The molecule has 142 valence electrons. The number of nitrogens with one attached hydrogen (secondary N) is 1. The fourth-order valence-electron chi connectivity index (χ4n) is 3.56. The lowest BCUT2D eigenvalue weighted by Gasteiger charge is -2.25. The van der Waals surface area contributed by atoms with Gasteiger partial charge in [0.2, 0.25) is 0 Å². The molecule has 0 radical (unpaired) electrons. The van der Waals surface area contributed by atoms with Crippen LogP contribution >= 0.6 is 12.4 Å². The summed E-state index contributed by atoms with van der Waals surface area (Å²) in [5.74, 6) is 0.966. The summed E-state index contributed by atoms with van der Waals surface area (Å²) in [4.78, 5) is 6.39. The SMILES string of the molecule is CN(C)c1ccc(-c2c(OC3CCNCC3)ccc3cnccc23)cc1.Cl. The molecule has 1 aliphatic heterocycles. The third-order valence-corrected chi connectivity index (χ3v) is 5.03. The fourth-order valence-corrected chi connectivity index (χ4v) is 3.56. The van der Waals surface area contributed by atoms with Crippen LogP contribution in [-0.2, 0) is 0 Å². The van der Waals surface area contributed by atoms with Crippen LogP contribution in [-0.4, -0.2) is 38.3 Å². The van der Waals surface area contributed by atoms with Gasteiger partial charge < -0.3 is 15.0 Å². The van der Waals surface area contributed by atoms with E-state index in [1.807, 2.05) is 12.4 Å². The van der Waals surface area contributed by atoms with Crippen LogP contribution in [0, 0.1) is 0 Å². The van der Waals surface area contributed by atoms with E-state index >= 15 is 0 Å². The Morgan fingerprint density at radius 2 is 1.74 bits per heavy atom. The third kappa shape index (κ3) is 4.18. The lowest BCUT2D eigenvalue weighted by molar-refractivity contribution is 0.163. The number of hydrogen-bond acceptors (Lipinski definition) is 4. The second-order valence-electron chi connectivity index (χ2n) is 7.04. The standard InChI is InChI=1S/C22H25N3O.ClH/c1-25(2)18-6-3-16(4-7-18)22-20-11-14-24-15-17(20)5-8-21(22)26-19-9-12-23-13-10-19;/h3-8,11,14-15,19,23H,9-10,12-13H2,1-2H3;1H. The Kier molecular flexibility index (Phi) is 6.19. The maximum Gasteiger partial charge on any atom is 0.128 e. The summed E-state index contributed by atoms with van der Waals surface area (Å²) >= 11 is 0. The van der Waals surface area contributed by atoms with Gasteiger partial charge in [0.25, 0.3) is 0 Å². The molecule has 1 fully saturated rings. The van der Waals surface area contributed by atoms with Crippen LogP contribution in [0.4, 0.5) is 5.69 Å². The molecule has 2 heterocycles. The van der Waals surface area contributed by atoms with E-state index in [4.69, 9.17) is 4.74 Å². The van der Waals surface area contributed by atoms with Crippen LogP contribution in [0.3, 0.4) is 0 Å². The molecular formula is C22H26ClN3O. The molecular weight excluding hydrogens is 358 g/mol. The summed E-state index contributed by atoms with van der Waals surface area (Å²) in [7, 11) is 4.12. The first-order valence-corrected chi connectivity index (χ1v) is 9.24. The highest BCUT2D eigenvalue weighted by Crippen LogP contribution is 2.38. The number of anilines is 1. The Hall–Kier alpha value is -2.30. The summed E-state index contributed by atoms with van der Waals surface area (Å²) in [5.41, 5.74) is 3.53. The van der Waals surface area contributed by atoms with Crippen LogP contribution < -0.4 is 15.0 Å². The van der Waals surface area contributed by atoms with E-state index in [0.29, 0.717) is 0 Å². The summed E-state index contributed by atoms with van der Waals surface area (Å²) < 4.78 is 6.46. The Bertz CT molecular complexity index is 890. The van der Waals surface area contributed by atoms with E-state index in [-0.39, 0.29) is 18.5 Å². The average Bonchev–Trinajstić information content (AvgIpc) is 2.69. The van der Waals surface area contributed by atoms with Crippen molar-refractivity contribution in [1.29, 1.82) is 0 Å². The molecule has 0 saturated carbocycles. The average molecular weight is 384 g/mol. The first-order chi connectivity index (χ1) is 12.7. The van der Waals surface area contributed by atoms with Gasteiger partial charge in [-0.3, -0.25) is 4.98 Å². The number of pyridine rings is 1. The minimum atomic E-state index is 0. The van der Waals surface area contributed by atoms with Crippen molar-refractivity contribution in [2.24, 2.45) is 0 Å². The molecule has 1 saturated heterocycles. The van der Waals surface area contributed by atoms with Crippen molar-refractivity contribution in [2.45, 2.75) is 18.9 Å². The molecule has 2 aromatic carbocycles. The molecule has 3 aromatic rings. The molecule has 0 amide bonds. The largest absolute Gasteiger partial charge is 0.490 e. The van der Waals surface area contributed by atoms with Gasteiger partial charge in [-0.05, 0) is 67.2 Å².